The Morgan fingerprint density at radius 1 is 0.727 bits per heavy atom. The zero-order valence-electron chi connectivity index (χ0n) is 13.8. The molecule has 0 rings (SSSR count). The van der Waals surface area contributed by atoms with Crippen LogP contribution in [-0.2, 0) is 14.4 Å². The van der Waals surface area contributed by atoms with Gasteiger partial charge in [0.15, 0.2) is 0 Å². The molecule has 6 heteroatoms. The van der Waals surface area contributed by atoms with Gasteiger partial charge in [-0.05, 0) is 19.3 Å². The van der Waals surface area contributed by atoms with E-state index >= 15 is 0 Å². The van der Waals surface area contributed by atoms with E-state index in [-0.39, 0.29) is 24.1 Å². The van der Waals surface area contributed by atoms with Crippen molar-refractivity contribution >= 4 is 17.7 Å². The van der Waals surface area contributed by atoms with Crippen LogP contribution in [0.2, 0.25) is 0 Å². The highest BCUT2D eigenvalue weighted by molar-refractivity contribution is 5.77. The second kappa shape index (κ2) is 14.4. The van der Waals surface area contributed by atoms with Gasteiger partial charge in [-0.15, -0.1) is 0 Å². The summed E-state index contributed by atoms with van der Waals surface area (Å²) >= 11 is 0. The van der Waals surface area contributed by atoms with E-state index in [4.69, 9.17) is 5.73 Å². The van der Waals surface area contributed by atoms with Crippen LogP contribution in [0.1, 0.15) is 71.1 Å². The molecule has 0 radical (unpaired) electrons. The van der Waals surface area contributed by atoms with E-state index in [1.807, 2.05) is 0 Å². The summed E-state index contributed by atoms with van der Waals surface area (Å²) in [6, 6.07) is 0. The molecule has 0 atom stereocenters. The first-order valence-corrected chi connectivity index (χ1v) is 8.38. The maximum Gasteiger partial charge on any atom is 0.220 e. The van der Waals surface area contributed by atoms with Crippen molar-refractivity contribution in [1.82, 2.24) is 10.6 Å². The van der Waals surface area contributed by atoms with Crippen LogP contribution in [0.3, 0.4) is 0 Å². The van der Waals surface area contributed by atoms with Gasteiger partial charge in [0, 0.05) is 32.4 Å². The normalized spacial score (nSPS) is 10.2. The number of hydrogen-bond acceptors (Lipinski definition) is 3. The third-order valence-electron chi connectivity index (χ3n) is 3.33. The molecule has 6 nitrogen and oxygen atoms in total. The molecular formula is C16H31N3O3. The largest absolute Gasteiger partial charge is 0.370 e. The Labute approximate surface area is 133 Å². The van der Waals surface area contributed by atoms with Crippen LogP contribution in [0, 0.1) is 0 Å². The Balaban J connectivity index is 3.37. The minimum atomic E-state index is -0.355. The van der Waals surface area contributed by atoms with Crippen LogP contribution >= 0.6 is 0 Å². The Hall–Kier alpha value is -1.59. The Morgan fingerprint density at radius 2 is 1.23 bits per heavy atom. The number of primary amides is 1. The molecule has 0 fully saturated rings. The lowest BCUT2D eigenvalue weighted by Gasteiger charge is -2.06. The summed E-state index contributed by atoms with van der Waals surface area (Å²) in [5.41, 5.74) is 5.00. The fraction of sp³-hybridized carbons (Fsp3) is 0.812. The molecule has 4 N–H and O–H groups in total. The molecule has 0 saturated heterocycles. The molecule has 0 aliphatic carbocycles. The van der Waals surface area contributed by atoms with Gasteiger partial charge < -0.3 is 16.4 Å². The molecule has 0 aliphatic heterocycles. The summed E-state index contributed by atoms with van der Waals surface area (Å²) in [5, 5.41) is 5.55. The topological polar surface area (TPSA) is 101 Å². The Kier molecular flexibility index (Phi) is 13.3. The molecule has 0 aromatic heterocycles. The van der Waals surface area contributed by atoms with Gasteiger partial charge in [0.25, 0.3) is 0 Å². The summed E-state index contributed by atoms with van der Waals surface area (Å²) in [7, 11) is 0. The highest BCUT2D eigenvalue weighted by atomic mass is 16.2. The molecule has 22 heavy (non-hydrogen) atoms. The lowest BCUT2D eigenvalue weighted by atomic mass is 10.1. The molecule has 0 bridgehead atoms. The number of nitrogens with one attached hydrogen (secondary N) is 2. The van der Waals surface area contributed by atoms with Crippen molar-refractivity contribution in [2.24, 2.45) is 5.73 Å². The summed E-state index contributed by atoms with van der Waals surface area (Å²) in [6.07, 6.45) is 8.11. The van der Waals surface area contributed by atoms with E-state index in [1.54, 1.807) is 0 Å². The van der Waals surface area contributed by atoms with E-state index in [2.05, 4.69) is 17.6 Å². The average Bonchev–Trinajstić information content (AvgIpc) is 2.47. The van der Waals surface area contributed by atoms with Gasteiger partial charge in [-0.25, -0.2) is 0 Å². The number of nitrogens with two attached hydrogens (primary N) is 1. The van der Waals surface area contributed by atoms with E-state index in [9.17, 15) is 14.4 Å². The number of carbonyl (C=O) groups excluding carboxylic acids is 3. The zero-order valence-corrected chi connectivity index (χ0v) is 13.8. The summed E-state index contributed by atoms with van der Waals surface area (Å²) in [4.78, 5) is 33.5. The minimum absolute atomic E-state index is 0.0571. The Bertz CT molecular complexity index is 333. The van der Waals surface area contributed by atoms with E-state index in [1.165, 1.54) is 19.3 Å². The predicted octanol–water partition coefficient (Wildman–Crippen LogP) is 1.63. The standard InChI is InChI=1S/C16H31N3O3/c1-2-3-4-5-6-10-15(21)19-13-8-11-16(22)18-12-7-9-14(17)20/h2-13H2,1H3,(H2,17,20)(H,18,22)(H,19,21). The van der Waals surface area contributed by atoms with Gasteiger partial charge in [0.05, 0.1) is 0 Å². The molecule has 128 valence electrons. The number of hydrogen-bond donors (Lipinski definition) is 3. The van der Waals surface area contributed by atoms with E-state index in [0.29, 0.717) is 38.8 Å². The highest BCUT2D eigenvalue weighted by Gasteiger charge is 2.03. The van der Waals surface area contributed by atoms with Crippen molar-refractivity contribution in [3.05, 3.63) is 0 Å². The molecule has 3 amide bonds. The van der Waals surface area contributed by atoms with Crippen LogP contribution < -0.4 is 16.4 Å². The van der Waals surface area contributed by atoms with Crippen LogP contribution in [0.5, 0.6) is 0 Å². The number of amides is 3. The predicted molar refractivity (Wildman–Crippen MR) is 87.1 cm³/mol. The minimum Gasteiger partial charge on any atom is -0.370 e. The van der Waals surface area contributed by atoms with Crippen molar-refractivity contribution in [1.29, 1.82) is 0 Å². The average molecular weight is 313 g/mol. The first-order valence-electron chi connectivity index (χ1n) is 8.38. The summed E-state index contributed by atoms with van der Waals surface area (Å²) in [5.74, 6) is -0.344. The number of carbonyl (C=O) groups is 3. The lowest BCUT2D eigenvalue weighted by Crippen LogP contribution is -2.28. The smallest absolute Gasteiger partial charge is 0.220 e. The van der Waals surface area contributed by atoms with E-state index < -0.39 is 0 Å². The first-order chi connectivity index (χ1) is 10.6. The van der Waals surface area contributed by atoms with Crippen molar-refractivity contribution in [3.8, 4) is 0 Å². The molecule has 0 spiro atoms. The zero-order chi connectivity index (χ0) is 16.6. The fourth-order valence-corrected chi connectivity index (χ4v) is 2.03. The number of rotatable bonds is 14. The second-order valence-electron chi connectivity index (χ2n) is 5.54. The number of unbranched alkanes of at least 4 members (excludes halogenated alkanes) is 4. The fourth-order valence-electron chi connectivity index (χ4n) is 2.03. The third-order valence-corrected chi connectivity index (χ3v) is 3.33. The lowest BCUT2D eigenvalue weighted by molar-refractivity contribution is -0.123. The highest BCUT2D eigenvalue weighted by Crippen LogP contribution is 2.04. The van der Waals surface area contributed by atoms with E-state index in [0.717, 1.165) is 12.8 Å². The van der Waals surface area contributed by atoms with Gasteiger partial charge in [-0.1, -0.05) is 32.6 Å². The van der Waals surface area contributed by atoms with Gasteiger partial charge >= 0.3 is 0 Å². The van der Waals surface area contributed by atoms with Gasteiger partial charge in [0.2, 0.25) is 17.7 Å². The maximum atomic E-state index is 11.5. The third kappa shape index (κ3) is 14.8. The SMILES string of the molecule is CCCCCCCC(=O)NCCCC(=O)NCCCC(N)=O. The van der Waals surface area contributed by atoms with Crippen LogP contribution in [0.25, 0.3) is 0 Å². The molecule has 0 aliphatic rings. The molecular weight excluding hydrogens is 282 g/mol. The van der Waals surface area contributed by atoms with Crippen molar-refractivity contribution in [3.63, 3.8) is 0 Å². The molecule has 0 heterocycles. The van der Waals surface area contributed by atoms with Crippen molar-refractivity contribution in [2.75, 3.05) is 13.1 Å². The van der Waals surface area contributed by atoms with Crippen LogP contribution in [0.15, 0.2) is 0 Å². The van der Waals surface area contributed by atoms with Crippen molar-refractivity contribution in [2.45, 2.75) is 71.1 Å². The molecule has 0 unspecified atom stereocenters. The van der Waals surface area contributed by atoms with Gasteiger partial charge in [-0.2, -0.15) is 0 Å². The molecule has 0 aromatic rings. The molecule has 0 aromatic carbocycles. The van der Waals surface area contributed by atoms with Crippen molar-refractivity contribution < 1.29 is 14.4 Å². The Morgan fingerprint density at radius 3 is 1.77 bits per heavy atom. The molecule has 0 saturated carbocycles. The van der Waals surface area contributed by atoms with Gasteiger partial charge in [0.1, 0.15) is 0 Å². The maximum absolute atomic E-state index is 11.5. The quantitative estimate of drug-likeness (QED) is 0.425. The second-order valence-corrected chi connectivity index (χ2v) is 5.54. The monoisotopic (exact) mass is 313 g/mol. The van der Waals surface area contributed by atoms with Gasteiger partial charge in [-0.3, -0.25) is 14.4 Å². The van der Waals surface area contributed by atoms with Crippen LogP contribution in [-0.4, -0.2) is 30.8 Å². The van der Waals surface area contributed by atoms with Crippen LogP contribution in [0.4, 0.5) is 0 Å². The summed E-state index contributed by atoms with van der Waals surface area (Å²) < 4.78 is 0. The first kappa shape index (κ1) is 20.4. The summed E-state index contributed by atoms with van der Waals surface area (Å²) in [6.45, 7) is 3.16.